The van der Waals surface area contributed by atoms with E-state index in [-0.39, 0.29) is 61.3 Å². The molecule has 0 radical (unpaired) electrons. The Hall–Kier alpha value is -3.29. The van der Waals surface area contributed by atoms with Crippen LogP contribution in [0.15, 0.2) is 71.6 Å². The minimum atomic E-state index is -4.75. The van der Waals surface area contributed by atoms with Crippen molar-refractivity contribution in [3.05, 3.63) is 77.3 Å². The second-order valence-corrected chi connectivity index (χ2v) is 14.7. The van der Waals surface area contributed by atoms with Crippen molar-refractivity contribution in [3.63, 3.8) is 0 Å². The number of carbonyl (C=O) groups excluding carboxylic acids is 1. The van der Waals surface area contributed by atoms with Crippen molar-refractivity contribution in [1.82, 2.24) is 4.90 Å². The first-order chi connectivity index (χ1) is 19.7. The van der Waals surface area contributed by atoms with Gasteiger partial charge in [-0.25, -0.2) is 16.8 Å². The normalized spacial score (nSPS) is 18.7. The molecule has 42 heavy (non-hydrogen) atoms. The van der Waals surface area contributed by atoms with Crippen LogP contribution in [-0.2, 0) is 30.8 Å². The van der Waals surface area contributed by atoms with Gasteiger partial charge in [-0.2, -0.15) is 13.2 Å². The van der Waals surface area contributed by atoms with Crippen LogP contribution in [-0.4, -0.2) is 64.9 Å². The lowest BCUT2D eigenvalue weighted by Gasteiger charge is -2.36. The zero-order valence-corrected chi connectivity index (χ0v) is 24.4. The van der Waals surface area contributed by atoms with E-state index >= 15 is 0 Å². The van der Waals surface area contributed by atoms with Crippen LogP contribution in [0.4, 0.5) is 18.9 Å². The number of sulfonamides is 1. The maximum atomic E-state index is 13.9. The zero-order valence-electron chi connectivity index (χ0n) is 22.1. The molecule has 1 fully saturated rings. The number of fused-ring (bicyclic) bond motifs is 1. The fraction of sp³-hybridized carbons (Fsp3) is 0.321. The Bertz CT molecular complexity index is 1720. The third-order valence-electron chi connectivity index (χ3n) is 7.18. The van der Waals surface area contributed by atoms with Gasteiger partial charge in [-0.05, 0) is 60.0 Å². The fourth-order valence-corrected chi connectivity index (χ4v) is 7.84. The first-order valence-corrected chi connectivity index (χ1v) is 16.6. The lowest BCUT2D eigenvalue weighted by Crippen LogP contribution is -2.46. The van der Waals surface area contributed by atoms with Crippen LogP contribution in [0, 0.1) is 0 Å². The number of benzene rings is 3. The number of hydrogen-bond acceptors (Lipinski definition) is 6. The second-order valence-electron chi connectivity index (χ2n) is 10.1. The summed E-state index contributed by atoms with van der Waals surface area (Å²) in [6.45, 7) is -0.0953. The topological polar surface area (TPSA) is 101 Å². The molecule has 14 heteroatoms. The van der Waals surface area contributed by atoms with Gasteiger partial charge in [0.1, 0.15) is 11.9 Å². The van der Waals surface area contributed by atoms with Crippen molar-refractivity contribution >= 4 is 43.1 Å². The molecule has 1 saturated heterocycles. The van der Waals surface area contributed by atoms with E-state index < -0.39 is 42.6 Å². The lowest BCUT2D eigenvalue weighted by atomic mass is 10.0. The Kier molecular flexibility index (Phi) is 8.20. The summed E-state index contributed by atoms with van der Waals surface area (Å²) < 4.78 is 98.6. The minimum Gasteiger partial charge on any atom is -0.486 e. The Morgan fingerprint density at radius 3 is 2.36 bits per heavy atom. The molecule has 0 aromatic heterocycles. The number of halogens is 4. The highest BCUT2D eigenvalue weighted by Gasteiger charge is 2.37. The predicted molar refractivity (Wildman–Crippen MR) is 152 cm³/mol. The number of amides is 1. The highest BCUT2D eigenvalue weighted by atomic mass is 35.5. The summed E-state index contributed by atoms with van der Waals surface area (Å²) in [6, 6.07) is 15.3. The highest BCUT2D eigenvalue weighted by molar-refractivity contribution is 7.93. The van der Waals surface area contributed by atoms with E-state index in [1.165, 1.54) is 4.90 Å². The van der Waals surface area contributed by atoms with Crippen molar-refractivity contribution < 1.29 is 39.5 Å². The average molecular weight is 643 g/mol. The van der Waals surface area contributed by atoms with Gasteiger partial charge >= 0.3 is 6.18 Å². The van der Waals surface area contributed by atoms with Crippen LogP contribution < -0.4 is 9.04 Å². The standard InChI is InChI=1S/C28H26ClF3N2O6S2/c29-22-5-1-3-19(15-22)20-7-9-26-25(16-20)34(42(38,39)24-6-2-4-21(17-24)28(30,31)32)18-23(40-26)8-10-27(35)33-11-13-41(36,37)14-12-33/h1-7,9,15-17,23H,8,10-14,18H2/t23-/m0/s1. The van der Waals surface area contributed by atoms with Gasteiger partial charge in [0.2, 0.25) is 5.91 Å². The largest absolute Gasteiger partial charge is 0.486 e. The van der Waals surface area contributed by atoms with Gasteiger partial charge in [0.05, 0.1) is 34.2 Å². The van der Waals surface area contributed by atoms with E-state index in [0.29, 0.717) is 22.2 Å². The van der Waals surface area contributed by atoms with Crippen LogP contribution in [0.1, 0.15) is 18.4 Å². The number of hydrogen-bond donors (Lipinski definition) is 0. The molecule has 2 aliphatic heterocycles. The third kappa shape index (κ3) is 6.52. The van der Waals surface area contributed by atoms with E-state index in [2.05, 4.69) is 0 Å². The number of anilines is 1. The van der Waals surface area contributed by atoms with Gasteiger partial charge in [-0.1, -0.05) is 35.9 Å². The smallest absolute Gasteiger partial charge is 0.416 e. The van der Waals surface area contributed by atoms with E-state index in [1.54, 1.807) is 42.5 Å². The highest BCUT2D eigenvalue weighted by Crippen LogP contribution is 2.41. The number of sulfone groups is 1. The molecule has 5 rings (SSSR count). The monoisotopic (exact) mass is 642 g/mol. The number of carbonyl (C=O) groups is 1. The molecule has 0 saturated carbocycles. The van der Waals surface area contributed by atoms with Crippen LogP contribution in [0.5, 0.6) is 5.75 Å². The molecule has 3 aromatic carbocycles. The molecular formula is C28H26ClF3N2O6S2. The summed E-state index contributed by atoms with van der Waals surface area (Å²) in [6.07, 6.45) is -5.47. The van der Waals surface area contributed by atoms with E-state index in [1.807, 2.05) is 0 Å². The Morgan fingerprint density at radius 1 is 0.976 bits per heavy atom. The number of alkyl halides is 3. The van der Waals surface area contributed by atoms with Crippen molar-refractivity contribution in [2.24, 2.45) is 0 Å². The summed E-state index contributed by atoms with van der Waals surface area (Å²) in [4.78, 5) is 13.7. The molecule has 0 spiro atoms. The van der Waals surface area contributed by atoms with Gasteiger partial charge in [0.25, 0.3) is 10.0 Å². The van der Waals surface area contributed by atoms with Crippen LogP contribution in [0.3, 0.4) is 0 Å². The third-order valence-corrected chi connectivity index (χ3v) is 10.8. The van der Waals surface area contributed by atoms with Crippen LogP contribution in [0.25, 0.3) is 11.1 Å². The number of rotatable bonds is 6. The summed E-state index contributed by atoms with van der Waals surface area (Å²) in [5, 5.41) is 0.464. The molecule has 3 aromatic rings. The molecule has 0 N–H and O–H groups in total. The van der Waals surface area contributed by atoms with Crippen molar-refractivity contribution in [2.45, 2.75) is 30.0 Å². The summed E-state index contributed by atoms with van der Waals surface area (Å²) >= 11 is 6.14. The van der Waals surface area contributed by atoms with Crippen molar-refractivity contribution in [2.75, 3.05) is 35.4 Å². The first-order valence-electron chi connectivity index (χ1n) is 13.0. The Labute approximate surface area is 246 Å². The zero-order chi connectivity index (χ0) is 30.3. The molecule has 1 atom stereocenters. The minimum absolute atomic E-state index is 0.0297. The molecule has 1 amide bonds. The maximum absolute atomic E-state index is 13.9. The van der Waals surface area contributed by atoms with Crippen molar-refractivity contribution in [1.29, 1.82) is 0 Å². The van der Waals surface area contributed by atoms with E-state index in [4.69, 9.17) is 16.3 Å². The van der Waals surface area contributed by atoms with Gasteiger partial charge in [-0.15, -0.1) is 0 Å². The number of ether oxygens (including phenoxy) is 1. The summed E-state index contributed by atoms with van der Waals surface area (Å²) in [5.41, 5.74) is 0.333. The summed E-state index contributed by atoms with van der Waals surface area (Å²) in [7, 11) is -7.68. The first kappa shape index (κ1) is 30.2. The molecule has 0 bridgehead atoms. The molecule has 2 heterocycles. The van der Waals surface area contributed by atoms with Gasteiger partial charge in [-0.3, -0.25) is 9.10 Å². The fourth-order valence-electron chi connectivity index (χ4n) is 4.90. The van der Waals surface area contributed by atoms with Gasteiger partial charge in [0.15, 0.2) is 9.84 Å². The molecule has 0 aliphatic carbocycles. The lowest BCUT2D eigenvalue weighted by molar-refractivity contribution is -0.137. The molecule has 224 valence electrons. The maximum Gasteiger partial charge on any atom is 0.416 e. The average Bonchev–Trinajstić information content (AvgIpc) is 2.94. The quantitative estimate of drug-likeness (QED) is 0.374. The molecule has 0 unspecified atom stereocenters. The van der Waals surface area contributed by atoms with E-state index in [9.17, 15) is 34.8 Å². The molecule has 2 aliphatic rings. The predicted octanol–water partition coefficient (Wildman–Crippen LogP) is 5.02. The Morgan fingerprint density at radius 2 is 1.67 bits per heavy atom. The van der Waals surface area contributed by atoms with Crippen molar-refractivity contribution in [3.8, 4) is 16.9 Å². The SMILES string of the molecule is O=C(CC[C@H]1CN(S(=O)(=O)c2cccc(C(F)(F)F)c2)c2cc(-c3cccc(Cl)c3)ccc2O1)N1CCS(=O)(=O)CC1. The van der Waals surface area contributed by atoms with Gasteiger partial charge in [0, 0.05) is 24.5 Å². The van der Waals surface area contributed by atoms with E-state index in [0.717, 1.165) is 22.5 Å². The summed E-state index contributed by atoms with van der Waals surface area (Å²) in [5.74, 6) is -0.347. The number of nitrogens with zero attached hydrogens (tertiary/aromatic N) is 2. The molecular weight excluding hydrogens is 617 g/mol. The molecule has 8 nitrogen and oxygen atoms in total. The van der Waals surface area contributed by atoms with Gasteiger partial charge < -0.3 is 9.64 Å². The Balaban J connectivity index is 1.46. The van der Waals surface area contributed by atoms with Crippen LogP contribution >= 0.6 is 11.6 Å². The van der Waals surface area contributed by atoms with Crippen LogP contribution in [0.2, 0.25) is 5.02 Å². The second kappa shape index (κ2) is 11.4.